The lowest BCUT2D eigenvalue weighted by Crippen LogP contribution is -2.21. The molecule has 0 heterocycles. The van der Waals surface area contributed by atoms with Gasteiger partial charge in [0.1, 0.15) is 0 Å². The van der Waals surface area contributed by atoms with Crippen LogP contribution in [0.1, 0.15) is 32.6 Å². The molecule has 3 heteroatoms. The second kappa shape index (κ2) is 8.48. The van der Waals surface area contributed by atoms with Crippen molar-refractivity contribution in [2.45, 2.75) is 32.6 Å². The van der Waals surface area contributed by atoms with Crippen LogP contribution < -0.4 is 5.32 Å². The van der Waals surface area contributed by atoms with Gasteiger partial charge < -0.3 is 10.1 Å². The summed E-state index contributed by atoms with van der Waals surface area (Å²) in [6.45, 7) is 6.93. The Hall–Kier alpha value is -0.830. The molecule has 3 nitrogen and oxygen atoms in total. The van der Waals surface area contributed by atoms with Crippen molar-refractivity contribution in [3.8, 4) is 0 Å². The van der Waals surface area contributed by atoms with Crippen LogP contribution in [0.4, 0.5) is 0 Å². The summed E-state index contributed by atoms with van der Waals surface area (Å²) in [5.74, 6) is -0.163. The Morgan fingerprint density at radius 3 is 2.67 bits per heavy atom. The van der Waals surface area contributed by atoms with E-state index in [0.717, 1.165) is 37.8 Å². The normalized spacial score (nSPS) is 12.2. The summed E-state index contributed by atoms with van der Waals surface area (Å²) in [6.07, 6.45) is 3.64. The Kier molecular flexibility index (Phi) is 8.01. The molecule has 0 radical (unpaired) electrons. The second-order valence-corrected chi connectivity index (χ2v) is 3.82. The van der Waals surface area contributed by atoms with Gasteiger partial charge in [0.15, 0.2) is 0 Å². The molecule has 0 aromatic carbocycles. The van der Waals surface area contributed by atoms with Gasteiger partial charge in [0.25, 0.3) is 0 Å². The van der Waals surface area contributed by atoms with Crippen LogP contribution in [-0.4, -0.2) is 26.7 Å². The number of esters is 1. The van der Waals surface area contributed by atoms with E-state index in [1.54, 1.807) is 0 Å². The maximum Gasteiger partial charge on any atom is 0.309 e. The SMILES string of the molecule is C=C(CCC)CC(CCNC)C(=O)OC. The summed E-state index contributed by atoms with van der Waals surface area (Å²) in [4.78, 5) is 11.5. The maximum atomic E-state index is 11.5. The number of hydrogen-bond acceptors (Lipinski definition) is 3. The van der Waals surface area contributed by atoms with Crippen LogP contribution in [0.2, 0.25) is 0 Å². The molecule has 0 aromatic heterocycles. The van der Waals surface area contributed by atoms with Gasteiger partial charge in [-0.25, -0.2) is 0 Å². The van der Waals surface area contributed by atoms with Crippen molar-refractivity contribution in [3.63, 3.8) is 0 Å². The van der Waals surface area contributed by atoms with Crippen LogP contribution in [0.5, 0.6) is 0 Å². The molecular weight excluding hydrogens is 190 g/mol. The Balaban J connectivity index is 4.11. The van der Waals surface area contributed by atoms with Crippen LogP contribution in [0.3, 0.4) is 0 Å². The molecule has 0 aliphatic rings. The van der Waals surface area contributed by atoms with Gasteiger partial charge in [-0.1, -0.05) is 25.5 Å². The lowest BCUT2D eigenvalue weighted by molar-refractivity contribution is -0.145. The summed E-state index contributed by atoms with van der Waals surface area (Å²) < 4.78 is 4.78. The summed E-state index contributed by atoms with van der Waals surface area (Å²) in [6, 6.07) is 0. The van der Waals surface area contributed by atoms with Crippen molar-refractivity contribution in [1.82, 2.24) is 5.32 Å². The number of hydrogen-bond donors (Lipinski definition) is 1. The Morgan fingerprint density at radius 1 is 1.53 bits per heavy atom. The molecule has 0 fully saturated rings. The van der Waals surface area contributed by atoms with Gasteiger partial charge in [-0.2, -0.15) is 0 Å². The predicted molar refractivity (Wildman–Crippen MR) is 62.7 cm³/mol. The van der Waals surface area contributed by atoms with E-state index in [1.165, 1.54) is 7.11 Å². The first-order valence-corrected chi connectivity index (χ1v) is 5.54. The molecule has 0 aliphatic heterocycles. The molecule has 1 atom stereocenters. The van der Waals surface area contributed by atoms with Crippen molar-refractivity contribution < 1.29 is 9.53 Å². The Bertz CT molecular complexity index is 202. The van der Waals surface area contributed by atoms with Crippen molar-refractivity contribution in [1.29, 1.82) is 0 Å². The van der Waals surface area contributed by atoms with Crippen LogP contribution in [0.15, 0.2) is 12.2 Å². The van der Waals surface area contributed by atoms with E-state index in [4.69, 9.17) is 4.74 Å². The third-order valence-corrected chi connectivity index (χ3v) is 2.42. The first kappa shape index (κ1) is 14.2. The zero-order valence-corrected chi connectivity index (χ0v) is 10.1. The Labute approximate surface area is 92.9 Å². The number of rotatable bonds is 8. The molecule has 0 aliphatic carbocycles. The van der Waals surface area contributed by atoms with Crippen LogP contribution >= 0.6 is 0 Å². The minimum atomic E-state index is -0.123. The number of nitrogens with one attached hydrogen (secondary N) is 1. The van der Waals surface area contributed by atoms with Crippen LogP contribution in [0, 0.1) is 5.92 Å². The first-order chi connectivity index (χ1) is 7.15. The van der Waals surface area contributed by atoms with E-state index in [0.29, 0.717) is 0 Å². The summed E-state index contributed by atoms with van der Waals surface area (Å²) >= 11 is 0. The molecule has 1 N–H and O–H groups in total. The standard InChI is InChI=1S/C12H23NO2/c1-5-6-10(2)9-11(7-8-13-3)12(14)15-4/h11,13H,2,5-9H2,1,3-4H3. The topological polar surface area (TPSA) is 38.3 Å². The molecule has 88 valence electrons. The minimum Gasteiger partial charge on any atom is -0.469 e. The zero-order valence-electron chi connectivity index (χ0n) is 10.1. The lowest BCUT2D eigenvalue weighted by atomic mass is 9.95. The van der Waals surface area contributed by atoms with Crippen molar-refractivity contribution in [3.05, 3.63) is 12.2 Å². The third-order valence-electron chi connectivity index (χ3n) is 2.42. The molecule has 0 spiro atoms. The fraction of sp³-hybridized carbons (Fsp3) is 0.750. The molecule has 0 amide bonds. The molecule has 0 rings (SSSR count). The third kappa shape index (κ3) is 6.28. The van der Waals surface area contributed by atoms with Gasteiger partial charge in [-0.3, -0.25) is 4.79 Å². The molecule has 0 bridgehead atoms. The van der Waals surface area contributed by atoms with Gasteiger partial charge in [0.2, 0.25) is 0 Å². The van der Waals surface area contributed by atoms with E-state index >= 15 is 0 Å². The van der Waals surface area contributed by atoms with Gasteiger partial charge in [0, 0.05) is 0 Å². The number of carbonyl (C=O) groups is 1. The summed E-state index contributed by atoms with van der Waals surface area (Å²) in [7, 11) is 3.33. The van der Waals surface area contributed by atoms with Gasteiger partial charge in [-0.05, 0) is 32.9 Å². The second-order valence-electron chi connectivity index (χ2n) is 3.82. The van der Waals surface area contributed by atoms with E-state index < -0.39 is 0 Å². The summed E-state index contributed by atoms with van der Waals surface area (Å²) in [5, 5.41) is 3.04. The van der Waals surface area contributed by atoms with E-state index in [-0.39, 0.29) is 11.9 Å². The number of ether oxygens (including phenoxy) is 1. The van der Waals surface area contributed by atoms with Gasteiger partial charge >= 0.3 is 5.97 Å². The van der Waals surface area contributed by atoms with Crippen LogP contribution in [-0.2, 0) is 9.53 Å². The van der Waals surface area contributed by atoms with Crippen molar-refractivity contribution in [2.24, 2.45) is 5.92 Å². The van der Waals surface area contributed by atoms with Gasteiger partial charge in [0.05, 0.1) is 13.0 Å². The first-order valence-electron chi connectivity index (χ1n) is 5.54. The molecule has 0 aromatic rings. The Morgan fingerprint density at radius 2 is 2.20 bits per heavy atom. The average Bonchev–Trinajstić information content (AvgIpc) is 2.23. The van der Waals surface area contributed by atoms with E-state index in [2.05, 4.69) is 18.8 Å². The highest BCUT2D eigenvalue weighted by Crippen LogP contribution is 2.18. The number of carbonyl (C=O) groups excluding carboxylic acids is 1. The highest BCUT2D eigenvalue weighted by Gasteiger charge is 2.19. The molecule has 15 heavy (non-hydrogen) atoms. The van der Waals surface area contributed by atoms with Crippen LogP contribution in [0.25, 0.3) is 0 Å². The average molecular weight is 213 g/mol. The quantitative estimate of drug-likeness (QED) is 0.496. The smallest absolute Gasteiger partial charge is 0.309 e. The minimum absolute atomic E-state index is 0.0403. The largest absolute Gasteiger partial charge is 0.469 e. The number of methoxy groups -OCH3 is 1. The lowest BCUT2D eigenvalue weighted by Gasteiger charge is -2.15. The highest BCUT2D eigenvalue weighted by molar-refractivity contribution is 5.72. The van der Waals surface area contributed by atoms with Crippen molar-refractivity contribution >= 4 is 5.97 Å². The number of allylic oxidation sites excluding steroid dienone is 1. The molecule has 1 unspecified atom stereocenters. The monoisotopic (exact) mass is 213 g/mol. The van der Waals surface area contributed by atoms with E-state index in [9.17, 15) is 4.79 Å². The zero-order chi connectivity index (χ0) is 11.7. The molecule has 0 saturated carbocycles. The molecular formula is C12H23NO2. The summed E-state index contributed by atoms with van der Waals surface area (Å²) in [5.41, 5.74) is 1.14. The molecule has 0 saturated heterocycles. The maximum absolute atomic E-state index is 11.5. The highest BCUT2D eigenvalue weighted by atomic mass is 16.5. The van der Waals surface area contributed by atoms with Gasteiger partial charge in [-0.15, -0.1) is 0 Å². The predicted octanol–water partition coefficient (Wildman–Crippen LogP) is 2.13. The fourth-order valence-electron chi connectivity index (χ4n) is 1.59. The van der Waals surface area contributed by atoms with Crippen molar-refractivity contribution in [2.75, 3.05) is 20.7 Å². The fourth-order valence-corrected chi connectivity index (χ4v) is 1.59. The van der Waals surface area contributed by atoms with E-state index in [1.807, 2.05) is 7.05 Å².